The fourth-order valence-corrected chi connectivity index (χ4v) is 1.96. The molecule has 0 radical (unpaired) electrons. The van der Waals surface area contributed by atoms with E-state index >= 15 is 0 Å². The van der Waals surface area contributed by atoms with Crippen molar-refractivity contribution >= 4 is 5.91 Å². The van der Waals surface area contributed by atoms with Crippen LogP contribution in [0.15, 0.2) is 0 Å². The molecule has 1 rings (SSSR count). The van der Waals surface area contributed by atoms with Crippen molar-refractivity contribution in [1.82, 2.24) is 10.6 Å². The molecule has 0 bridgehead atoms. The zero-order chi connectivity index (χ0) is 11.3. The van der Waals surface area contributed by atoms with Gasteiger partial charge < -0.3 is 10.6 Å². The quantitative estimate of drug-likeness (QED) is 0.728. The highest BCUT2D eigenvalue weighted by molar-refractivity contribution is 5.76. The Labute approximate surface area is 93.0 Å². The van der Waals surface area contributed by atoms with Crippen molar-refractivity contribution in [3.8, 4) is 0 Å². The second kappa shape index (κ2) is 6.11. The van der Waals surface area contributed by atoms with Crippen LogP contribution in [-0.2, 0) is 4.79 Å². The number of hydrogen-bond acceptors (Lipinski definition) is 2. The molecule has 1 aliphatic rings. The standard InChI is InChI=1S/C12H24N2O/c1-4-9(2)10(3)14-12(15)8-11-6-5-7-13-11/h9-11,13H,4-8H2,1-3H3,(H,14,15). The van der Waals surface area contributed by atoms with E-state index in [-0.39, 0.29) is 5.91 Å². The van der Waals surface area contributed by atoms with Crippen molar-refractivity contribution in [2.75, 3.05) is 6.54 Å². The van der Waals surface area contributed by atoms with Gasteiger partial charge in [-0.15, -0.1) is 0 Å². The van der Waals surface area contributed by atoms with Crippen LogP contribution < -0.4 is 10.6 Å². The van der Waals surface area contributed by atoms with Crippen LogP contribution >= 0.6 is 0 Å². The molecule has 3 heteroatoms. The highest BCUT2D eigenvalue weighted by Gasteiger charge is 2.19. The Bertz CT molecular complexity index is 200. The Morgan fingerprint density at radius 1 is 1.53 bits per heavy atom. The van der Waals surface area contributed by atoms with Crippen LogP contribution in [0, 0.1) is 5.92 Å². The molecule has 1 fully saturated rings. The largest absolute Gasteiger partial charge is 0.353 e. The highest BCUT2D eigenvalue weighted by atomic mass is 16.1. The average molecular weight is 212 g/mol. The van der Waals surface area contributed by atoms with E-state index in [0.717, 1.165) is 19.4 Å². The van der Waals surface area contributed by atoms with Crippen LogP contribution in [0.5, 0.6) is 0 Å². The smallest absolute Gasteiger partial charge is 0.221 e. The molecule has 2 N–H and O–H groups in total. The topological polar surface area (TPSA) is 41.1 Å². The van der Waals surface area contributed by atoms with Crippen molar-refractivity contribution in [2.24, 2.45) is 5.92 Å². The van der Waals surface area contributed by atoms with Crippen LogP contribution in [0.4, 0.5) is 0 Å². The Hall–Kier alpha value is -0.570. The van der Waals surface area contributed by atoms with Crippen LogP contribution in [0.1, 0.15) is 46.5 Å². The van der Waals surface area contributed by atoms with Gasteiger partial charge in [0.1, 0.15) is 0 Å². The molecule has 1 heterocycles. The summed E-state index contributed by atoms with van der Waals surface area (Å²) in [6, 6.07) is 0.707. The van der Waals surface area contributed by atoms with E-state index in [4.69, 9.17) is 0 Å². The number of carbonyl (C=O) groups is 1. The molecule has 3 unspecified atom stereocenters. The molecular weight excluding hydrogens is 188 g/mol. The third-order valence-electron chi connectivity index (χ3n) is 3.48. The van der Waals surface area contributed by atoms with E-state index in [9.17, 15) is 4.79 Å². The number of carbonyl (C=O) groups excluding carboxylic acids is 1. The predicted molar refractivity (Wildman–Crippen MR) is 62.7 cm³/mol. The molecule has 0 aromatic heterocycles. The molecule has 0 spiro atoms. The number of rotatable bonds is 5. The Balaban J connectivity index is 2.22. The lowest BCUT2D eigenvalue weighted by Crippen LogP contribution is -2.39. The average Bonchev–Trinajstić information content (AvgIpc) is 2.68. The van der Waals surface area contributed by atoms with Gasteiger partial charge in [-0.3, -0.25) is 4.79 Å². The zero-order valence-corrected chi connectivity index (χ0v) is 10.2. The SMILES string of the molecule is CCC(C)C(C)NC(=O)CC1CCCN1. The summed E-state index contributed by atoms with van der Waals surface area (Å²) in [5.74, 6) is 0.757. The summed E-state index contributed by atoms with van der Waals surface area (Å²) in [6.07, 6.45) is 4.11. The van der Waals surface area contributed by atoms with Crippen LogP contribution in [0.2, 0.25) is 0 Å². The summed E-state index contributed by atoms with van der Waals surface area (Å²) in [5.41, 5.74) is 0. The monoisotopic (exact) mass is 212 g/mol. The third-order valence-corrected chi connectivity index (χ3v) is 3.48. The summed E-state index contributed by atoms with van der Waals surface area (Å²) in [5, 5.41) is 6.42. The Kier molecular flexibility index (Phi) is 5.09. The van der Waals surface area contributed by atoms with Gasteiger partial charge >= 0.3 is 0 Å². The van der Waals surface area contributed by atoms with Crippen LogP contribution in [0.25, 0.3) is 0 Å². The van der Waals surface area contributed by atoms with Gasteiger partial charge in [-0.1, -0.05) is 20.3 Å². The summed E-state index contributed by atoms with van der Waals surface area (Å²) in [7, 11) is 0. The van der Waals surface area contributed by atoms with Crippen molar-refractivity contribution in [1.29, 1.82) is 0 Å². The molecule has 0 aromatic carbocycles. The lowest BCUT2D eigenvalue weighted by Gasteiger charge is -2.20. The second-order valence-corrected chi connectivity index (χ2v) is 4.74. The first-order valence-electron chi connectivity index (χ1n) is 6.16. The first-order chi connectivity index (χ1) is 7.13. The summed E-state index contributed by atoms with van der Waals surface area (Å²) < 4.78 is 0. The summed E-state index contributed by atoms with van der Waals surface area (Å²) >= 11 is 0. The van der Waals surface area contributed by atoms with Gasteiger partial charge in [0.25, 0.3) is 0 Å². The van der Waals surface area contributed by atoms with E-state index in [1.807, 2.05) is 0 Å². The van der Waals surface area contributed by atoms with E-state index in [0.29, 0.717) is 24.4 Å². The van der Waals surface area contributed by atoms with E-state index < -0.39 is 0 Å². The molecule has 1 amide bonds. The van der Waals surface area contributed by atoms with Gasteiger partial charge in [-0.05, 0) is 32.2 Å². The predicted octanol–water partition coefficient (Wildman–Crippen LogP) is 1.68. The Morgan fingerprint density at radius 3 is 2.80 bits per heavy atom. The minimum Gasteiger partial charge on any atom is -0.353 e. The van der Waals surface area contributed by atoms with Gasteiger partial charge in [0.05, 0.1) is 0 Å². The van der Waals surface area contributed by atoms with Crippen LogP contribution in [-0.4, -0.2) is 24.5 Å². The fraction of sp³-hybridized carbons (Fsp3) is 0.917. The molecule has 3 nitrogen and oxygen atoms in total. The minimum absolute atomic E-state index is 0.196. The van der Waals surface area contributed by atoms with Crippen molar-refractivity contribution < 1.29 is 4.79 Å². The van der Waals surface area contributed by atoms with Gasteiger partial charge in [-0.2, -0.15) is 0 Å². The molecule has 1 aliphatic heterocycles. The number of hydrogen-bond donors (Lipinski definition) is 2. The zero-order valence-electron chi connectivity index (χ0n) is 10.2. The first kappa shape index (κ1) is 12.5. The molecule has 88 valence electrons. The van der Waals surface area contributed by atoms with Crippen molar-refractivity contribution in [2.45, 2.75) is 58.5 Å². The van der Waals surface area contributed by atoms with Gasteiger partial charge in [0, 0.05) is 18.5 Å². The Morgan fingerprint density at radius 2 is 2.27 bits per heavy atom. The highest BCUT2D eigenvalue weighted by Crippen LogP contribution is 2.10. The van der Waals surface area contributed by atoms with Gasteiger partial charge in [0.15, 0.2) is 0 Å². The molecule has 1 saturated heterocycles. The first-order valence-corrected chi connectivity index (χ1v) is 6.16. The molecule has 15 heavy (non-hydrogen) atoms. The minimum atomic E-state index is 0.196. The number of amides is 1. The normalized spacial score (nSPS) is 24.9. The molecule has 3 atom stereocenters. The molecule has 0 aliphatic carbocycles. The maximum absolute atomic E-state index is 11.7. The fourth-order valence-electron chi connectivity index (χ4n) is 1.96. The summed E-state index contributed by atoms with van der Waals surface area (Å²) in [6.45, 7) is 7.50. The second-order valence-electron chi connectivity index (χ2n) is 4.74. The van der Waals surface area contributed by atoms with Crippen molar-refractivity contribution in [3.05, 3.63) is 0 Å². The lowest BCUT2D eigenvalue weighted by molar-refractivity contribution is -0.122. The van der Waals surface area contributed by atoms with Gasteiger partial charge in [-0.25, -0.2) is 0 Å². The maximum atomic E-state index is 11.7. The van der Waals surface area contributed by atoms with E-state index in [1.165, 1.54) is 6.42 Å². The molecule has 0 saturated carbocycles. The summed E-state index contributed by atoms with van der Waals surface area (Å²) in [4.78, 5) is 11.7. The van der Waals surface area contributed by atoms with E-state index in [1.54, 1.807) is 0 Å². The van der Waals surface area contributed by atoms with Crippen molar-refractivity contribution in [3.63, 3.8) is 0 Å². The van der Waals surface area contributed by atoms with Crippen LogP contribution in [0.3, 0.4) is 0 Å². The molecule has 0 aromatic rings. The lowest BCUT2D eigenvalue weighted by atomic mass is 10.0. The van der Waals surface area contributed by atoms with Gasteiger partial charge in [0.2, 0.25) is 5.91 Å². The van der Waals surface area contributed by atoms with E-state index in [2.05, 4.69) is 31.4 Å². The maximum Gasteiger partial charge on any atom is 0.221 e. The third kappa shape index (κ3) is 4.20. The number of nitrogens with one attached hydrogen (secondary N) is 2. The molecular formula is C12H24N2O.